The monoisotopic (exact) mass is 498 g/mol. The summed E-state index contributed by atoms with van der Waals surface area (Å²) in [5.74, 6) is 0. The predicted molar refractivity (Wildman–Crippen MR) is 146 cm³/mol. The van der Waals surface area contributed by atoms with Crippen LogP contribution in [-0.2, 0) is 6.42 Å². The highest BCUT2D eigenvalue weighted by Crippen LogP contribution is 2.46. The summed E-state index contributed by atoms with van der Waals surface area (Å²) in [5, 5.41) is 17.6. The first-order chi connectivity index (χ1) is 18.2. The van der Waals surface area contributed by atoms with Crippen molar-refractivity contribution in [3.63, 3.8) is 0 Å². The van der Waals surface area contributed by atoms with Gasteiger partial charge in [0.25, 0.3) is 0 Å². The number of H-pyrrole nitrogens is 1. The van der Waals surface area contributed by atoms with E-state index in [1.54, 1.807) is 17.7 Å². The van der Waals surface area contributed by atoms with Crippen LogP contribution in [-0.4, -0.2) is 24.7 Å². The summed E-state index contributed by atoms with van der Waals surface area (Å²) in [4.78, 5) is 13.2. The number of rotatable bonds is 5. The van der Waals surface area contributed by atoms with Crippen LogP contribution in [0.25, 0.3) is 43.9 Å². The second-order valence-electron chi connectivity index (χ2n) is 9.37. The third-order valence-electron chi connectivity index (χ3n) is 7.30. The van der Waals surface area contributed by atoms with Crippen LogP contribution >= 0.6 is 11.3 Å². The lowest BCUT2D eigenvalue weighted by atomic mass is 9.95. The molecule has 2 aromatic carbocycles. The van der Waals surface area contributed by atoms with E-state index in [0.29, 0.717) is 6.42 Å². The van der Waals surface area contributed by atoms with Crippen molar-refractivity contribution < 1.29 is 0 Å². The van der Waals surface area contributed by atoms with Gasteiger partial charge in [0.15, 0.2) is 0 Å². The van der Waals surface area contributed by atoms with Gasteiger partial charge in [-0.15, -0.1) is 11.3 Å². The average molecular weight is 499 g/mol. The van der Waals surface area contributed by atoms with Gasteiger partial charge in [0, 0.05) is 28.2 Å². The van der Waals surface area contributed by atoms with Gasteiger partial charge >= 0.3 is 0 Å². The Balaban J connectivity index is 1.32. The van der Waals surface area contributed by atoms with Crippen LogP contribution in [0.1, 0.15) is 34.7 Å². The molecule has 7 rings (SSSR count). The minimum atomic E-state index is -0.204. The maximum Gasteiger partial charge on any atom is 0.141 e. The molecule has 6 nitrogen and oxygen atoms in total. The molecule has 1 atom stereocenters. The molecule has 7 heteroatoms. The standard InChI is InChI=1S/C30H22N6S/c1-18-4-2-5-19-14-25-21(27(18)19)6-3-7-22(25)29-23(10-13-37-29)26(8-11-31)36-16-20(15-35-36)28-24-9-12-32-30(24)34-17-33-28/h2-7,9-10,12-13,15-17,26H,8,14H2,1H3,(H,32,33,34). The SMILES string of the molecule is Cc1cccc2c1-c1cccc(-c3sccc3C(CC#N)n3cc(-c4ncnc5[nH]ccc45)cn3)c1C2. The lowest BCUT2D eigenvalue weighted by molar-refractivity contribution is 0.534. The molecule has 1 N–H and O–H groups in total. The number of hydrogen-bond acceptors (Lipinski definition) is 5. The number of thiophene rings is 1. The predicted octanol–water partition coefficient (Wildman–Crippen LogP) is 6.93. The molecule has 0 saturated heterocycles. The first-order valence-corrected chi connectivity index (χ1v) is 13.1. The van der Waals surface area contributed by atoms with Crippen LogP contribution in [0.4, 0.5) is 0 Å². The van der Waals surface area contributed by atoms with Crippen molar-refractivity contribution >= 4 is 22.4 Å². The van der Waals surface area contributed by atoms with Crippen LogP contribution in [0, 0.1) is 18.3 Å². The molecule has 1 aliphatic rings. The van der Waals surface area contributed by atoms with E-state index in [1.165, 1.54) is 38.3 Å². The number of aryl methyl sites for hydroxylation is 1. The van der Waals surface area contributed by atoms with E-state index in [4.69, 9.17) is 5.10 Å². The molecular formula is C30H22N6S. The van der Waals surface area contributed by atoms with Crippen molar-refractivity contribution in [1.29, 1.82) is 5.26 Å². The largest absolute Gasteiger partial charge is 0.346 e. The average Bonchev–Trinajstić information content (AvgIpc) is 3.71. The third-order valence-corrected chi connectivity index (χ3v) is 8.27. The van der Waals surface area contributed by atoms with E-state index >= 15 is 0 Å². The summed E-state index contributed by atoms with van der Waals surface area (Å²) in [6, 6.07) is 19.5. The van der Waals surface area contributed by atoms with Crippen molar-refractivity contribution in [1.82, 2.24) is 24.7 Å². The highest BCUT2D eigenvalue weighted by Gasteiger charge is 2.27. The van der Waals surface area contributed by atoms with E-state index < -0.39 is 0 Å². The molecule has 4 heterocycles. The van der Waals surface area contributed by atoms with Crippen molar-refractivity contribution in [3.8, 4) is 38.9 Å². The number of nitrogens with one attached hydrogen (secondary N) is 1. The van der Waals surface area contributed by atoms with E-state index in [-0.39, 0.29) is 6.04 Å². The zero-order chi connectivity index (χ0) is 24.9. The summed E-state index contributed by atoms with van der Waals surface area (Å²) in [7, 11) is 0. The lowest BCUT2D eigenvalue weighted by Crippen LogP contribution is -2.11. The summed E-state index contributed by atoms with van der Waals surface area (Å²) < 4.78 is 1.91. The summed E-state index contributed by atoms with van der Waals surface area (Å²) in [6.07, 6.45) is 8.49. The second kappa shape index (κ2) is 8.54. The molecule has 1 unspecified atom stereocenters. The van der Waals surface area contributed by atoms with Gasteiger partial charge in [0.1, 0.15) is 12.0 Å². The van der Waals surface area contributed by atoms with Gasteiger partial charge in [-0.1, -0.05) is 36.4 Å². The second-order valence-corrected chi connectivity index (χ2v) is 10.3. The Morgan fingerprint density at radius 2 is 2.00 bits per heavy atom. The van der Waals surface area contributed by atoms with E-state index in [2.05, 4.69) is 75.8 Å². The molecular weight excluding hydrogens is 476 g/mol. The minimum absolute atomic E-state index is 0.204. The number of hydrogen-bond donors (Lipinski definition) is 1. The lowest BCUT2D eigenvalue weighted by Gasteiger charge is -2.17. The maximum absolute atomic E-state index is 9.79. The van der Waals surface area contributed by atoms with Crippen LogP contribution in [0.15, 0.2) is 78.8 Å². The normalized spacial score (nSPS) is 12.9. The summed E-state index contributed by atoms with van der Waals surface area (Å²) in [6.45, 7) is 2.19. The molecule has 0 amide bonds. The molecule has 0 saturated carbocycles. The Labute approximate surface area is 217 Å². The van der Waals surface area contributed by atoms with Gasteiger partial charge in [-0.25, -0.2) is 9.97 Å². The molecule has 1 aliphatic carbocycles. The van der Waals surface area contributed by atoms with Crippen molar-refractivity contribution in [3.05, 3.63) is 101 Å². The maximum atomic E-state index is 9.79. The molecule has 4 aromatic heterocycles. The Kier molecular flexibility index (Phi) is 5.01. The zero-order valence-corrected chi connectivity index (χ0v) is 21.0. The fourth-order valence-corrected chi connectivity index (χ4v) is 6.65. The smallest absolute Gasteiger partial charge is 0.141 e. The Bertz CT molecular complexity index is 1830. The fourth-order valence-electron chi connectivity index (χ4n) is 5.64. The Morgan fingerprint density at radius 3 is 2.92 bits per heavy atom. The Hall–Kier alpha value is -4.54. The fraction of sp³-hybridized carbons (Fsp3) is 0.133. The van der Waals surface area contributed by atoms with Crippen LogP contribution in [0.2, 0.25) is 0 Å². The quantitative estimate of drug-likeness (QED) is 0.279. The Morgan fingerprint density at radius 1 is 1.11 bits per heavy atom. The van der Waals surface area contributed by atoms with E-state index in [0.717, 1.165) is 34.3 Å². The van der Waals surface area contributed by atoms with Crippen LogP contribution < -0.4 is 0 Å². The number of fused-ring (bicyclic) bond motifs is 4. The minimum Gasteiger partial charge on any atom is -0.346 e. The first-order valence-electron chi connectivity index (χ1n) is 12.2. The summed E-state index contributed by atoms with van der Waals surface area (Å²) >= 11 is 1.73. The van der Waals surface area contributed by atoms with Gasteiger partial charge in [0.2, 0.25) is 0 Å². The number of aromatic amines is 1. The molecule has 0 spiro atoms. The number of nitriles is 1. The molecule has 178 valence electrons. The molecule has 0 aliphatic heterocycles. The van der Waals surface area contributed by atoms with Gasteiger partial charge < -0.3 is 4.98 Å². The third kappa shape index (κ3) is 3.41. The van der Waals surface area contributed by atoms with Crippen molar-refractivity contribution in [2.24, 2.45) is 0 Å². The van der Waals surface area contributed by atoms with E-state index in [1.807, 2.05) is 29.3 Å². The van der Waals surface area contributed by atoms with Crippen LogP contribution in [0.3, 0.4) is 0 Å². The topological polar surface area (TPSA) is 83.2 Å². The van der Waals surface area contributed by atoms with Crippen molar-refractivity contribution in [2.45, 2.75) is 25.8 Å². The van der Waals surface area contributed by atoms with Crippen LogP contribution in [0.5, 0.6) is 0 Å². The summed E-state index contributed by atoms with van der Waals surface area (Å²) in [5.41, 5.74) is 11.6. The molecule has 0 fully saturated rings. The number of aromatic nitrogens is 5. The van der Waals surface area contributed by atoms with E-state index in [9.17, 15) is 5.26 Å². The first kappa shape index (κ1) is 21.7. The highest BCUT2D eigenvalue weighted by atomic mass is 32.1. The van der Waals surface area contributed by atoms with Crippen molar-refractivity contribution in [2.75, 3.05) is 0 Å². The molecule has 6 aromatic rings. The van der Waals surface area contributed by atoms with Gasteiger partial charge in [-0.3, -0.25) is 4.68 Å². The zero-order valence-electron chi connectivity index (χ0n) is 20.1. The van der Waals surface area contributed by atoms with Gasteiger partial charge in [0.05, 0.1) is 30.4 Å². The molecule has 37 heavy (non-hydrogen) atoms. The van der Waals surface area contributed by atoms with Gasteiger partial charge in [-0.2, -0.15) is 10.4 Å². The number of nitrogens with zero attached hydrogens (tertiary/aromatic N) is 5. The molecule has 0 bridgehead atoms. The number of benzene rings is 2. The highest BCUT2D eigenvalue weighted by molar-refractivity contribution is 7.13. The van der Waals surface area contributed by atoms with Gasteiger partial charge in [-0.05, 0) is 69.8 Å². The molecule has 0 radical (unpaired) electrons.